The Bertz CT molecular complexity index is 392. The molecule has 1 rings (SSSR count). The molecule has 0 fully saturated rings. The van der Waals surface area contributed by atoms with Crippen molar-refractivity contribution in [2.75, 3.05) is 13.2 Å². The fraction of sp³-hybridized carbons (Fsp3) is 0.417. The molecule has 0 spiro atoms. The van der Waals surface area contributed by atoms with E-state index in [4.69, 9.17) is 9.84 Å². The lowest BCUT2D eigenvalue weighted by Crippen LogP contribution is -2.27. The molecule has 0 amide bonds. The summed E-state index contributed by atoms with van der Waals surface area (Å²) in [5.74, 6) is -0.338. The van der Waals surface area contributed by atoms with Gasteiger partial charge < -0.3 is 20.3 Å². The molecular weight excluding hydrogens is 222 g/mol. The Morgan fingerprint density at radius 2 is 2.18 bits per heavy atom. The van der Waals surface area contributed by atoms with Gasteiger partial charge in [0.15, 0.2) is 0 Å². The van der Waals surface area contributed by atoms with Crippen LogP contribution in [0.4, 0.5) is 0 Å². The van der Waals surface area contributed by atoms with Gasteiger partial charge in [-0.3, -0.25) is 4.79 Å². The number of hydrogen-bond donors (Lipinski definition) is 3. The first-order valence-corrected chi connectivity index (χ1v) is 5.45. The molecule has 5 heteroatoms. The van der Waals surface area contributed by atoms with Crippen molar-refractivity contribution in [2.24, 2.45) is 0 Å². The largest absolute Gasteiger partial charge is 0.508 e. The Labute approximate surface area is 100 Å². The normalized spacial score (nSPS) is 12.1. The van der Waals surface area contributed by atoms with E-state index >= 15 is 0 Å². The van der Waals surface area contributed by atoms with E-state index in [0.717, 1.165) is 0 Å². The molecule has 0 bridgehead atoms. The predicted octanol–water partition coefficient (Wildman–Crippen LogP) is 1.31. The second-order valence-corrected chi connectivity index (χ2v) is 3.65. The van der Waals surface area contributed by atoms with E-state index in [-0.39, 0.29) is 30.1 Å². The van der Waals surface area contributed by atoms with E-state index in [2.05, 4.69) is 5.32 Å². The molecule has 0 aliphatic rings. The maximum Gasteiger partial charge on any atom is 0.319 e. The molecule has 1 aromatic carbocycles. The Balaban J connectivity index is 2.57. The molecule has 0 radical (unpaired) electrons. The number of esters is 1. The minimum absolute atomic E-state index is 0.00356. The van der Waals surface area contributed by atoms with Crippen LogP contribution in [0.1, 0.15) is 25.5 Å². The monoisotopic (exact) mass is 239 g/mol. The second kappa shape index (κ2) is 6.10. The number of carbonyl (C=O) groups is 1. The molecule has 3 N–H and O–H groups in total. The van der Waals surface area contributed by atoms with Crippen LogP contribution in [-0.4, -0.2) is 29.3 Å². The van der Waals surface area contributed by atoms with Crippen LogP contribution in [0.25, 0.3) is 0 Å². The summed E-state index contributed by atoms with van der Waals surface area (Å²) in [5, 5.41) is 21.7. The fourth-order valence-electron chi connectivity index (χ4n) is 1.46. The molecule has 1 atom stereocenters. The Kier molecular flexibility index (Phi) is 4.78. The summed E-state index contributed by atoms with van der Waals surface area (Å²) >= 11 is 0. The van der Waals surface area contributed by atoms with Gasteiger partial charge >= 0.3 is 5.97 Å². The van der Waals surface area contributed by atoms with Crippen LogP contribution in [-0.2, 0) is 9.53 Å². The van der Waals surface area contributed by atoms with Crippen molar-refractivity contribution in [3.63, 3.8) is 0 Å². The molecule has 0 saturated heterocycles. The van der Waals surface area contributed by atoms with Gasteiger partial charge in [0.2, 0.25) is 0 Å². The first kappa shape index (κ1) is 13.3. The van der Waals surface area contributed by atoms with E-state index in [1.807, 2.05) is 6.92 Å². The highest BCUT2D eigenvalue weighted by molar-refractivity contribution is 5.71. The third kappa shape index (κ3) is 3.96. The van der Waals surface area contributed by atoms with E-state index in [0.29, 0.717) is 12.2 Å². The van der Waals surface area contributed by atoms with Crippen molar-refractivity contribution in [1.29, 1.82) is 0 Å². The van der Waals surface area contributed by atoms with Gasteiger partial charge in [-0.05, 0) is 19.9 Å². The minimum Gasteiger partial charge on any atom is -0.508 e. The summed E-state index contributed by atoms with van der Waals surface area (Å²) in [6.07, 6.45) is 0. The van der Waals surface area contributed by atoms with Crippen molar-refractivity contribution in [1.82, 2.24) is 5.32 Å². The van der Waals surface area contributed by atoms with E-state index < -0.39 is 0 Å². The van der Waals surface area contributed by atoms with Crippen molar-refractivity contribution >= 4 is 5.97 Å². The summed E-state index contributed by atoms with van der Waals surface area (Å²) in [7, 11) is 0. The topological polar surface area (TPSA) is 78.8 Å². The highest BCUT2D eigenvalue weighted by Crippen LogP contribution is 2.27. The van der Waals surface area contributed by atoms with Gasteiger partial charge in [-0.2, -0.15) is 0 Å². The van der Waals surface area contributed by atoms with E-state index in [1.54, 1.807) is 13.0 Å². The first-order valence-electron chi connectivity index (χ1n) is 5.45. The van der Waals surface area contributed by atoms with Crippen LogP contribution in [0.5, 0.6) is 11.5 Å². The Hall–Kier alpha value is -1.75. The molecule has 0 heterocycles. The van der Waals surface area contributed by atoms with Crippen LogP contribution in [0.15, 0.2) is 18.2 Å². The van der Waals surface area contributed by atoms with Gasteiger partial charge in [0.25, 0.3) is 0 Å². The number of carbonyl (C=O) groups excluding carboxylic acids is 1. The third-order valence-corrected chi connectivity index (χ3v) is 2.34. The Morgan fingerprint density at radius 3 is 2.76 bits per heavy atom. The lowest BCUT2D eigenvalue weighted by atomic mass is 10.1. The second-order valence-electron chi connectivity index (χ2n) is 3.65. The van der Waals surface area contributed by atoms with Gasteiger partial charge in [-0.15, -0.1) is 0 Å². The molecule has 0 aromatic heterocycles. The number of ether oxygens (including phenoxy) is 1. The molecule has 1 unspecified atom stereocenters. The molecule has 5 nitrogen and oxygen atoms in total. The smallest absolute Gasteiger partial charge is 0.319 e. The van der Waals surface area contributed by atoms with Crippen molar-refractivity contribution < 1.29 is 19.7 Å². The zero-order chi connectivity index (χ0) is 12.8. The molecule has 0 aliphatic heterocycles. The lowest BCUT2D eigenvalue weighted by molar-refractivity contribution is -0.142. The number of aromatic hydroxyl groups is 2. The number of phenolic OH excluding ortho intramolecular Hbond substituents is 2. The maximum atomic E-state index is 11.1. The number of rotatable bonds is 5. The lowest BCUT2D eigenvalue weighted by Gasteiger charge is -2.15. The van der Waals surface area contributed by atoms with Crippen LogP contribution < -0.4 is 5.32 Å². The number of phenols is 2. The summed E-state index contributed by atoms with van der Waals surface area (Å²) in [5.41, 5.74) is 0.618. The molecule has 94 valence electrons. The molecule has 0 saturated carbocycles. The third-order valence-electron chi connectivity index (χ3n) is 2.34. The number of nitrogens with one attached hydrogen (secondary N) is 1. The van der Waals surface area contributed by atoms with Crippen LogP contribution >= 0.6 is 0 Å². The van der Waals surface area contributed by atoms with Crippen molar-refractivity contribution in [3.05, 3.63) is 23.8 Å². The average Bonchev–Trinajstić information content (AvgIpc) is 2.26. The zero-order valence-corrected chi connectivity index (χ0v) is 9.93. The minimum atomic E-state index is -0.336. The summed E-state index contributed by atoms with van der Waals surface area (Å²) in [4.78, 5) is 11.1. The van der Waals surface area contributed by atoms with E-state index in [1.165, 1.54) is 12.1 Å². The van der Waals surface area contributed by atoms with Crippen molar-refractivity contribution in [2.45, 2.75) is 19.9 Å². The maximum absolute atomic E-state index is 11.1. The molecule has 1 aromatic rings. The predicted molar refractivity (Wildman–Crippen MR) is 62.8 cm³/mol. The van der Waals surface area contributed by atoms with Gasteiger partial charge in [0.05, 0.1) is 13.2 Å². The highest BCUT2D eigenvalue weighted by atomic mass is 16.5. The van der Waals surface area contributed by atoms with Gasteiger partial charge in [0, 0.05) is 17.7 Å². The SMILES string of the molecule is CCOC(=O)CNC(C)c1ccc(O)cc1O. The highest BCUT2D eigenvalue weighted by Gasteiger charge is 2.12. The van der Waals surface area contributed by atoms with Crippen LogP contribution in [0.3, 0.4) is 0 Å². The molecular formula is C12H17NO4. The molecule has 0 aliphatic carbocycles. The average molecular weight is 239 g/mol. The van der Waals surface area contributed by atoms with Crippen LogP contribution in [0, 0.1) is 0 Å². The first-order chi connectivity index (χ1) is 8.04. The zero-order valence-electron chi connectivity index (χ0n) is 9.93. The van der Waals surface area contributed by atoms with Crippen LogP contribution in [0.2, 0.25) is 0 Å². The fourth-order valence-corrected chi connectivity index (χ4v) is 1.46. The quantitative estimate of drug-likeness (QED) is 0.675. The number of benzene rings is 1. The standard InChI is InChI=1S/C12H17NO4/c1-3-17-12(16)7-13-8(2)10-5-4-9(14)6-11(10)15/h4-6,8,13-15H,3,7H2,1-2H3. The number of hydrogen-bond acceptors (Lipinski definition) is 5. The van der Waals surface area contributed by atoms with Crippen molar-refractivity contribution in [3.8, 4) is 11.5 Å². The summed E-state index contributed by atoms with van der Waals surface area (Å²) in [6, 6.07) is 4.14. The summed E-state index contributed by atoms with van der Waals surface area (Å²) < 4.78 is 4.77. The van der Waals surface area contributed by atoms with E-state index in [9.17, 15) is 9.90 Å². The summed E-state index contributed by atoms with van der Waals surface area (Å²) in [6.45, 7) is 3.98. The Morgan fingerprint density at radius 1 is 1.47 bits per heavy atom. The molecule has 17 heavy (non-hydrogen) atoms. The van der Waals surface area contributed by atoms with Gasteiger partial charge in [-0.1, -0.05) is 6.07 Å². The van der Waals surface area contributed by atoms with Gasteiger partial charge in [-0.25, -0.2) is 0 Å². The van der Waals surface area contributed by atoms with Gasteiger partial charge in [0.1, 0.15) is 11.5 Å².